The molecule has 0 aliphatic rings. The Labute approximate surface area is 117 Å². The predicted octanol–water partition coefficient (Wildman–Crippen LogP) is 2.12. The second kappa shape index (κ2) is 6.14. The summed E-state index contributed by atoms with van der Waals surface area (Å²) in [5, 5.41) is 9.07. The van der Waals surface area contributed by atoms with Gasteiger partial charge in [-0.2, -0.15) is 0 Å². The molecule has 0 heterocycles. The van der Waals surface area contributed by atoms with Gasteiger partial charge in [0.2, 0.25) is 10.0 Å². The van der Waals surface area contributed by atoms with Crippen LogP contribution < -0.4 is 4.72 Å². The molecule has 1 rings (SSSR count). The van der Waals surface area contributed by atoms with Crippen LogP contribution in [-0.4, -0.2) is 26.2 Å². The van der Waals surface area contributed by atoms with Gasteiger partial charge in [-0.15, -0.1) is 0 Å². The summed E-state index contributed by atoms with van der Waals surface area (Å²) in [6.07, 6.45) is 0.546. The zero-order valence-electron chi connectivity index (χ0n) is 10.7. The van der Waals surface area contributed by atoms with Crippen LogP contribution >= 0.6 is 15.9 Å². The quantitative estimate of drug-likeness (QED) is 0.866. The van der Waals surface area contributed by atoms with Crippen molar-refractivity contribution >= 4 is 26.0 Å². The molecule has 0 aromatic heterocycles. The van der Waals surface area contributed by atoms with Crippen LogP contribution in [0.25, 0.3) is 0 Å². The van der Waals surface area contributed by atoms with Crippen LogP contribution in [0.2, 0.25) is 0 Å². The zero-order chi connectivity index (χ0) is 13.9. The summed E-state index contributed by atoms with van der Waals surface area (Å²) < 4.78 is 27.8. The first-order valence-corrected chi connectivity index (χ1v) is 7.99. The van der Waals surface area contributed by atoms with E-state index in [1.165, 1.54) is 0 Å². The molecule has 0 spiro atoms. The average molecular weight is 336 g/mol. The third kappa shape index (κ3) is 3.54. The fraction of sp³-hybridized carbons (Fsp3) is 0.500. The lowest BCUT2D eigenvalue weighted by Gasteiger charge is -2.16. The molecule has 1 atom stereocenters. The molecule has 6 heteroatoms. The topological polar surface area (TPSA) is 66.4 Å². The minimum absolute atomic E-state index is 0.204. The standard InChI is InChI=1S/C12H18BrNO3S/c1-4-10(7-15)14-18(16,17)12-6-8(2)11(13)5-9(12)3/h5-6,10,14-15H,4,7H2,1-3H3. The fourth-order valence-electron chi connectivity index (χ4n) is 1.58. The molecule has 0 saturated carbocycles. The zero-order valence-corrected chi connectivity index (χ0v) is 13.1. The van der Waals surface area contributed by atoms with Crippen molar-refractivity contribution in [3.8, 4) is 0 Å². The molecule has 0 amide bonds. The van der Waals surface area contributed by atoms with Crippen LogP contribution in [0.15, 0.2) is 21.5 Å². The number of nitrogens with one attached hydrogen (secondary N) is 1. The molecule has 2 N–H and O–H groups in total. The highest BCUT2D eigenvalue weighted by atomic mass is 79.9. The van der Waals surface area contributed by atoms with E-state index in [0.717, 1.165) is 10.0 Å². The van der Waals surface area contributed by atoms with E-state index < -0.39 is 16.1 Å². The summed E-state index contributed by atoms with van der Waals surface area (Å²) in [5.41, 5.74) is 1.53. The summed E-state index contributed by atoms with van der Waals surface area (Å²) in [5.74, 6) is 0. The van der Waals surface area contributed by atoms with Crippen molar-refractivity contribution < 1.29 is 13.5 Å². The van der Waals surface area contributed by atoms with Crippen LogP contribution in [0.1, 0.15) is 24.5 Å². The Morgan fingerprint density at radius 1 is 1.33 bits per heavy atom. The molecular weight excluding hydrogens is 318 g/mol. The molecular formula is C12H18BrNO3S. The fourth-order valence-corrected chi connectivity index (χ4v) is 3.66. The van der Waals surface area contributed by atoms with Crippen LogP contribution in [0.5, 0.6) is 0 Å². The molecule has 0 saturated heterocycles. The number of aryl methyl sites for hydroxylation is 2. The Morgan fingerprint density at radius 3 is 2.44 bits per heavy atom. The number of halogens is 1. The van der Waals surface area contributed by atoms with Gasteiger partial charge in [0.05, 0.1) is 11.5 Å². The number of aliphatic hydroxyl groups is 1. The van der Waals surface area contributed by atoms with Gasteiger partial charge >= 0.3 is 0 Å². The monoisotopic (exact) mass is 335 g/mol. The van der Waals surface area contributed by atoms with E-state index in [4.69, 9.17) is 5.11 Å². The summed E-state index contributed by atoms with van der Waals surface area (Å²) in [6.45, 7) is 5.21. The molecule has 1 unspecified atom stereocenters. The summed E-state index contributed by atoms with van der Waals surface area (Å²) in [4.78, 5) is 0.259. The molecule has 18 heavy (non-hydrogen) atoms. The first kappa shape index (κ1) is 15.6. The second-order valence-electron chi connectivity index (χ2n) is 4.28. The van der Waals surface area contributed by atoms with Gasteiger partial charge in [0.25, 0.3) is 0 Å². The Hall–Kier alpha value is -0.430. The first-order chi connectivity index (χ1) is 8.31. The van der Waals surface area contributed by atoms with Crippen LogP contribution in [-0.2, 0) is 10.0 Å². The summed E-state index contributed by atoms with van der Waals surface area (Å²) >= 11 is 3.37. The predicted molar refractivity (Wildman–Crippen MR) is 75.1 cm³/mol. The van der Waals surface area contributed by atoms with E-state index in [1.54, 1.807) is 19.1 Å². The molecule has 0 aliphatic carbocycles. The first-order valence-electron chi connectivity index (χ1n) is 5.71. The Balaban J connectivity index is 3.16. The highest BCUT2D eigenvalue weighted by Crippen LogP contribution is 2.24. The Morgan fingerprint density at radius 2 is 1.94 bits per heavy atom. The number of sulfonamides is 1. The largest absolute Gasteiger partial charge is 0.395 e. The van der Waals surface area contributed by atoms with Gasteiger partial charge in [-0.1, -0.05) is 22.9 Å². The molecule has 0 fully saturated rings. The second-order valence-corrected chi connectivity index (χ2v) is 6.81. The lowest BCUT2D eigenvalue weighted by molar-refractivity contribution is 0.254. The molecule has 0 radical (unpaired) electrons. The average Bonchev–Trinajstić information content (AvgIpc) is 2.30. The molecule has 0 bridgehead atoms. The van der Waals surface area contributed by atoms with Crippen molar-refractivity contribution in [2.45, 2.75) is 38.1 Å². The van der Waals surface area contributed by atoms with E-state index in [2.05, 4.69) is 20.7 Å². The number of aliphatic hydroxyl groups excluding tert-OH is 1. The molecule has 102 valence electrons. The SMILES string of the molecule is CCC(CO)NS(=O)(=O)c1cc(C)c(Br)cc1C. The lowest BCUT2D eigenvalue weighted by Crippen LogP contribution is -2.37. The molecule has 4 nitrogen and oxygen atoms in total. The molecule has 1 aromatic carbocycles. The van der Waals surface area contributed by atoms with Gasteiger partial charge in [0.15, 0.2) is 0 Å². The van der Waals surface area contributed by atoms with Gasteiger partial charge in [-0.05, 0) is 43.5 Å². The minimum atomic E-state index is -3.58. The van der Waals surface area contributed by atoms with Crippen molar-refractivity contribution in [3.05, 3.63) is 27.7 Å². The maximum atomic E-state index is 12.2. The van der Waals surface area contributed by atoms with Gasteiger partial charge in [-0.25, -0.2) is 13.1 Å². The number of hydrogen-bond donors (Lipinski definition) is 2. The van der Waals surface area contributed by atoms with E-state index >= 15 is 0 Å². The van der Waals surface area contributed by atoms with Gasteiger partial charge < -0.3 is 5.11 Å². The van der Waals surface area contributed by atoms with Crippen LogP contribution in [0.4, 0.5) is 0 Å². The highest BCUT2D eigenvalue weighted by molar-refractivity contribution is 9.10. The van der Waals surface area contributed by atoms with E-state index in [-0.39, 0.29) is 11.5 Å². The van der Waals surface area contributed by atoms with Gasteiger partial charge in [0, 0.05) is 10.5 Å². The summed E-state index contributed by atoms with van der Waals surface area (Å²) in [7, 11) is -3.58. The van der Waals surface area contributed by atoms with Crippen molar-refractivity contribution in [1.29, 1.82) is 0 Å². The van der Waals surface area contributed by atoms with Crippen molar-refractivity contribution in [2.24, 2.45) is 0 Å². The normalized spacial score (nSPS) is 13.6. The van der Waals surface area contributed by atoms with E-state index in [1.807, 2.05) is 13.8 Å². The van der Waals surface area contributed by atoms with Crippen molar-refractivity contribution in [2.75, 3.05) is 6.61 Å². The Kier molecular flexibility index (Phi) is 5.33. The number of hydrogen-bond acceptors (Lipinski definition) is 3. The van der Waals surface area contributed by atoms with Crippen LogP contribution in [0.3, 0.4) is 0 Å². The lowest BCUT2D eigenvalue weighted by atomic mass is 10.2. The third-order valence-electron chi connectivity index (χ3n) is 2.78. The molecule has 1 aromatic rings. The van der Waals surface area contributed by atoms with Gasteiger partial charge in [-0.3, -0.25) is 0 Å². The maximum Gasteiger partial charge on any atom is 0.241 e. The van der Waals surface area contributed by atoms with Gasteiger partial charge in [0.1, 0.15) is 0 Å². The third-order valence-corrected chi connectivity index (χ3v) is 5.30. The molecule has 0 aliphatic heterocycles. The van der Waals surface area contributed by atoms with Crippen molar-refractivity contribution in [1.82, 2.24) is 4.72 Å². The smallest absolute Gasteiger partial charge is 0.241 e. The summed E-state index contributed by atoms with van der Waals surface area (Å²) in [6, 6.07) is 2.97. The minimum Gasteiger partial charge on any atom is -0.395 e. The van der Waals surface area contributed by atoms with Crippen molar-refractivity contribution in [3.63, 3.8) is 0 Å². The Bertz CT molecular complexity index is 524. The van der Waals surface area contributed by atoms with E-state index in [9.17, 15) is 8.42 Å². The number of rotatable bonds is 5. The maximum absolute atomic E-state index is 12.2. The number of benzene rings is 1. The van der Waals surface area contributed by atoms with E-state index in [0.29, 0.717) is 12.0 Å². The highest BCUT2D eigenvalue weighted by Gasteiger charge is 2.21. The van der Waals surface area contributed by atoms with Crippen LogP contribution in [0, 0.1) is 13.8 Å².